The average Bonchev–Trinajstić information content (AvgIpc) is 2.98. The molecule has 4 nitrogen and oxygen atoms in total. The van der Waals surface area contributed by atoms with Crippen molar-refractivity contribution in [1.29, 1.82) is 0 Å². The van der Waals surface area contributed by atoms with Gasteiger partial charge < -0.3 is 9.84 Å². The summed E-state index contributed by atoms with van der Waals surface area (Å²) in [5.74, 6) is -2.23. The van der Waals surface area contributed by atoms with Crippen LogP contribution in [0.1, 0.15) is 28.8 Å². The highest BCUT2D eigenvalue weighted by Gasteiger charge is 2.55. The van der Waals surface area contributed by atoms with E-state index in [0.717, 1.165) is 18.4 Å². The maximum absolute atomic E-state index is 12.5. The highest BCUT2D eigenvalue weighted by atomic mass is 16.5. The Morgan fingerprint density at radius 3 is 2.26 bits per heavy atom. The van der Waals surface area contributed by atoms with Crippen molar-refractivity contribution in [2.24, 2.45) is 11.8 Å². The minimum absolute atomic E-state index is 0.0976. The maximum Gasteiger partial charge on any atom is 0.309 e. The van der Waals surface area contributed by atoms with Crippen molar-refractivity contribution in [3.05, 3.63) is 35.4 Å². The first-order valence-electron chi connectivity index (χ1n) is 6.57. The van der Waals surface area contributed by atoms with Crippen molar-refractivity contribution in [2.45, 2.75) is 32.0 Å². The number of hydrogen-bond acceptors (Lipinski definition) is 3. The lowest BCUT2D eigenvalue weighted by atomic mass is 9.75. The molecule has 4 heteroatoms. The van der Waals surface area contributed by atoms with E-state index >= 15 is 0 Å². The largest absolute Gasteiger partial charge is 0.481 e. The third-order valence-corrected chi connectivity index (χ3v) is 4.20. The van der Waals surface area contributed by atoms with Gasteiger partial charge in [-0.3, -0.25) is 9.59 Å². The lowest BCUT2D eigenvalue weighted by molar-refractivity contribution is -0.144. The molecule has 4 atom stereocenters. The summed E-state index contributed by atoms with van der Waals surface area (Å²) in [5.41, 5.74) is 1.66. The van der Waals surface area contributed by atoms with Crippen LogP contribution in [0.4, 0.5) is 0 Å². The summed E-state index contributed by atoms with van der Waals surface area (Å²) in [7, 11) is 0. The number of ketones is 1. The van der Waals surface area contributed by atoms with E-state index in [1.165, 1.54) is 0 Å². The van der Waals surface area contributed by atoms with Gasteiger partial charge >= 0.3 is 5.97 Å². The summed E-state index contributed by atoms with van der Waals surface area (Å²) in [6, 6.07) is 7.28. The molecule has 2 saturated heterocycles. The van der Waals surface area contributed by atoms with Crippen molar-refractivity contribution in [1.82, 2.24) is 0 Å². The van der Waals surface area contributed by atoms with Gasteiger partial charge in [-0.25, -0.2) is 0 Å². The number of rotatable bonds is 3. The number of carboxylic acids is 1. The number of fused-ring (bicyclic) bond motifs is 2. The molecular formula is C15H16O4. The minimum atomic E-state index is -0.919. The molecule has 2 heterocycles. The molecule has 1 N–H and O–H groups in total. The summed E-state index contributed by atoms with van der Waals surface area (Å²) in [6.45, 7) is 1.95. The van der Waals surface area contributed by atoms with Crippen molar-refractivity contribution in [3.63, 3.8) is 0 Å². The summed E-state index contributed by atoms with van der Waals surface area (Å²) < 4.78 is 5.62. The summed E-state index contributed by atoms with van der Waals surface area (Å²) >= 11 is 0. The van der Waals surface area contributed by atoms with Gasteiger partial charge in [0.05, 0.1) is 24.0 Å². The third kappa shape index (κ3) is 1.96. The van der Waals surface area contributed by atoms with Gasteiger partial charge in [-0.2, -0.15) is 0 Å². The molecule has 0 spiro atoms. The van der Waals surface area contributed by atoms with Crippen LogP contribution in [-0.2, 0) is 9.53 Å². The van der Waals surface area contributed by atoms with E-state index < -0.39 is 17.8 Å². The molecule has 0 radical (unpaired) electrons. The van der Waals surface area contributed by atoms with Gasteiger partial charge in [0.1, 0.15) is 0 Å². The van der Waals surface area contributed by atoms with E-state index in [1.807, 2.05) is 19.1 Å². The summed E-state index contributed by atoms with van der Waals surface area (Å²) in [5, 5.41) is 9.31. The van der Waals surface area contributed by atoms with Crippen LogP contribution >= 0.6 is 0 Å². The molecule has 2 aliphatic heterocycles. The Balaban J connectivity index is 1.90. The number of aryl methyl sites for hydroxylation is 1. The van der Waals surface area contributed by atoms with Gasteiger partial charge in [-0.1, -0.05) is 29.8 Å². The molecule has 0 saturated carbocycles. The van der Waals surface area contributed by atoms with Gasteiger partial charge in [0, 0.05) is 5.56 Å². The zero-order valence-corrected chi connectivity index (χ0v) is 10.7. The Morgan fingerprint density at radius 2 is 1.68 bits per heavy atom. The van der Waals surface area contributed by atoms with E-state index in [2.05, 4.69) is 0 Å². The number of Topliss-reactive ketones (excluding diaryl/α,β-unsaturated/α-hetero) is 1. The minimum Gasteiger partial charge on any atom is -0.481 e. The smallest absolute Gasteiger partial charge is 0.309 e. The fraction of sp³-hybridized carbons (Fsp3) is 0.467. The molecule has 0 aliphatic carbocycles. The maximum atomic E-state index is 12.5. The summed E-state index contributed by atoms with van der Waals surface area (Å²) in [4.78, 5) is 23.9. The normalized spacial score (nSPS) is 32.5. The molecule has 100 valence electrons. The van der Waals surface area contributed by atoms with Gasteiger partial charge in [0.2, 0.25) is 0 Å². The molecule has 0 unspecified atom stereocenters. The predicted octanol–water partition coefficient (Wildman–Crippen LogP) is 2.06. The molecule has 2 fully saturated rings. The zero-order chi connectivity index (χ0) is 13.6. The Labute approximate surface area is 111 Å². The topological polar surface area (TPSA) is 63.6 Å². The number of carbonyl (C=O) groups is 2. The number of carboxylic acid groups (broad SMARTS) is 1. The molecule has 1 aromatic carbocycles. The fourth-order valence-electron chi connectivity index (χ4n) is 3.23. The second kappa shape index (κ2) is 4.46. The number of benzene rings is 1. The first-order chi connectivity index (χ1) is 9.08. The van der Waals surface area contributed by atoms with Crippen LogP contribution in [0.2, 0.25) is 0 Å². The molecule has 0 aromatic heterocycles. The molecule has 3 rings (SSSR count). The third-order valence-electron chi connectivity index (χ3n) is 4.20. The average molecular weight is 260 g/mol. The summed E-state index contributed by atoms with van der Waals surface area (Å²) in [6.07, 6.45) is 1.03. The second-order valence-corrected chi connectivity index (χ2v) is 5.41. The molecule has 1 aromatic rings. The van der Waals surface area contributed by atoms with E-state index in [9.17, 15) is 14.7 Å². The Morgan fingerprint density at radius 1 is 1.11 bits per heavy atom. The van der Waals surface area contributed by atoms with Crippen molar-refractivity contribution < 1.29 is 19.4 Å². The van der Waals surface area contributed by atoms with Gasteiger partial charge in [0.25, 0.3) is 0 Å². The number of aliphatic carboxylic acids is 1. The van der Waals surface area contributed by atoms with Gasteiger partial charge in [-0.15, -0.1) is 0 Å². The molecule has 0 amide bonds. The van der Waals surface area contributed by atoms with E-state index in [1.54, 1.807) is 12.1 Å². The lowest BCUT2D eigenvalue weighted by Crippen LogP contribution is -2.38. The zero-order valence-electron chi connectivity index (χ0n) is 10.7. The van der Waals surface area contributed by atoms with E-state index in [0.29, 0.717) is 5.56 Å². The lowest BCUT2D eigenvalue weighted by Gasteiger charge is -2.23. The fourth-order valence-corrected chi connectivity index (χ4v) is 3.23. The Hall–Kier alpha value is -1.68. The van der Waals surface area contributed by atoms with Gasteiger partial charge in [-0.05, 0) is 19.8 Å². The SMILES string of the molecule is Cc1ccc(C(=O)[C@@H]2[C@@H](C(=O)O)[C@@H]3CC[C@H]2O3)cc1. The van der Waals surface area contributed by atoms with Crippen LogP contribution in [0.15, 0.2) is 24.3 Å². The van der Waals surface area contributed by atoms with Crippen molar-refractivity contribution >= 4 is 11.8 Å². The van der Waals surface area contributed by atoms with Crippen LogP contribution in [-0.4, -0.2) is 29.1 Å². The van der Waals surface area contributed by atoms with Gasteiger partial charge in [0.15, 0.2) is 5.78 Å². The Kier molecular flexibility index (Phi) is 2.90. The first kappa shape index (κ1) is 12.4. The van der Waals surface area contributed by atoms with Crippen LogP contribution in [0, 0.1) is 18.8 Å². The quantitative estimate of drug-likeness (QED) is 0.845. The molecule has 19 heavy (non-hydrogen) atoms. The number of hydrogen-bond donors (Lipinski definition) is 1. The van der Waals surface area contributed by atoms with Crippen LogP contribution in [0.25, 0.3) is 0 Å². The number of ether oxygens (including phenoxy) is 1. The standard InChI is InChI=1S/C15H16O4/c1-8-2-4-9(5-3-8)14(16)12-10-6-7-11(19-10)13(12)15(17)18/h2-5,10-13H,6-7H2,1H3,(H,17,18)/t10-,11+,12+,13+/m1/s1. The van der Waals surface area contributed by atoms with E-state index in [4.69, 9.17) is 4.74 Å². The monoisotopic (exact) mass is 260 g/mol. The molecular weight excluding hydrogens is 244 g/mol. The second-order valence-electron chi connectivity index (χ2n) is 5.41. The molecule has 2 aliphatic rings. The van der Waals surface area contributed by atoms with Crippen LogP contribution in [0.3, 0.4) is 0 Å². The van der Waals surface area contributed by atoms with E-state index in [-0.39, 0.29) is 18.0 Å². The first-order valence-corrected chi connectivity index (χ1v) is 6.57. The number of carbonyl (C=O) groups excluding carboxylic acids is 1. The van der Waals surface area contributed by atoms with Crippen LogP contribution < -0.4 is 0 Å². The van der Waals surface area contributed by atoms with Crippen molar-refractivity contribution in [3.8, 4) is 0 Å². The van der Waals surface area contributed by atoms with Crippen LogP contribution in [0.5, 0.6) is 0 Å². The predicted molar refractivity (Wildman–Crippen MR) is 68.0 cm³/mol. The molecule has 2 bridgehead atoms. The Bertz CT molecular complexity index is 519. The highest BCUT2D eigenvalue weighted by Crippen LogP contribution is 2.44. The van der Waals surface area contributed by atoms with Crippen molar-refractivity contribution in [2.75, 3.05) is 0 Å². The highest BCUT2D eigenvalue weighted by molar-refractivity contribution is 6.00.